The zero-order valence-corrected chi connectivity index (χ0v) is 13.2. The molecule has 2 amide bonds. The Bertz CT molecular complexity index is 832. The van der Waals surface area contributed by atoms with E-state index in [0.717, 1.165) is 22.8 Å². The highest BCUT2D eigenvalue weighted by atomic mass is 16.5. The van der Waals surface area contributed by atoms with E-state index in [-0.39, 0.29) is 17.7 Å². The van der Waals surface area contributed by atoms with E-state index in [4.69, 9.17) is 0 Å². The van der Waals surface area contributed by atoms with Crippen molar-refractivity contribution in [3.63, 3.8) is 0 Å². The number of ketones is 1. The molecule has 6 heteroatoms. The molecule has 0 fully saturated rings. The Morgan fingerprint density at radius 1 is 1.04 bits per heavy atom. The largest absolute Gasteiger partial charge is 0.468 e. The van der Waals surface area contributed by atoms with Crippen LogP contribution in [0, 0.1) is 5.92 Å². The molecule has 0 radical (unpaired) electrons. The van der Waals surface area contributed by atoms with Gasteiger partial charge < -0.3 is 4.74 Å². The lowest BCUT2D eigenvalue weighted by Gasteiger charge is -2.18. The van der Waals surface area contributed by atoms with Crippen molar-refractivity contribution in [2.24, 2.45) is 5.92 Å². The Hall–Kier alpha value is -3.02. The Kier molecular flexibility index (Phi) is 3.89. The third kappa shape index (κ3) is 2.46. The second-order valence-corrected chi connectivity index (χ2v) is 5.65. The fourth-order valence-electron chi connectivity index (χ4n) is 2.84. The number of amides is 2. The Morgan fingerprint density at radius 3 is 1.96 bits per heavy atom. The van der Waals surface area contributed by atoms with Crippen LogP contribution in [0.5, 0.6) is 0 Å². The summed E-state index contributed by atoms with van der Waals surface area (Å²) < 4.78 is 4.59. The fourth-order valence-corrected chi connectivity index (χ4v) is 2.84. The second kappa shape index (κ2) is 5.88. The molecular weight excluding hydrogens is 310 g/mol. The van der Waals surface area contributed by atoms with Crippen LogP contribution >= 0.6 is 0 Å². The van der Waals surface area contributed by atoms with Gasteiger partial charge in [-0.25, -0.2) is 0 Å². The molecule has 0 spiro atoms. The minimum absolute atomic E-state index is 0.283. The van der Waals surface area contributed by atoms with Crippen LogP contribution in [0.1, 0.15) is 27.6 Å². The van der Waals surface area contributed by atoms with Crippen LogP contribution in [0.4, 0.5) is 0 Å². The number of rotatable bonds is 4. The van der Waals surface area contributed by atoms with Crippen molar-refractivity contribution in [3.8, 4) is 0 Å². The van der Waals surface area contributed by atoms with Crippen molar-refractivity contribution in [3.05, 3.63) is 47.5 Å². The maximum Gasteiger partial charge on any atom is 0.318 e. The predicted molar refractivity (Wildman–Crippen MR) is 85.5 cm³/mol. The number of Topliss-reactive ketones (excluding diaryl/α,β-unsaturated/α-hetero) is 1. The van der Waals surface area contributed by atoms with Crippen LogP contribution in [0.15, 0.2) is 36.4 Å². The summed E-state index contributed by atoms with van der Waals surface area (Å²) >= 11 is 0. The van der Waals surface area contributed by atoms with Gasteiger partial charge in [-0.05, 0) is 29.8 Å². The summed E-state index contributed by atoms with van der Waals surface area (Å²) in [6.07, 6.45) is 0. The topological polar surface area (TPSA) is 80.8 Å². The first-order chi connectivity index (χ1) is 11.4. The third-order valence-electron chi connectivity index (χ3n) is 4.18. The van der Waals surface area contributed by atoms with Gasteiger partial charge in [0.25, 0.3) is 11.8 Å². The molecule has 122 valence electrons. The summed E-state index contributed by atoms with van der Waals surface area (Å²) in [6, 6.07) is 10.7. The van der Waals surface area contributed by atoms with Crippen molar-refractivity contribution < 1.29 is 23.9 Å². The highest BCUT2D eigenvalue weighted by Gasteiger charge is 2.39. The van der Waals surface area contributed by atoms with Crippen LogP contribution in [-0.2, 0) is 14.3 Å². The van der Waals surface area contributed by atoms with Crippen LogP contribution < -0.4 is 0 Å². The van der Waals surface area contributed by atoms with E-state index in [2.05, 4.69) is 4.74 Å². The highest BCUT2D eigenvalue weighted by Crippen LogP contribution is 2.28. The van der Waals surface area contributed by atoms with Crippen LogP contribution in [0.25, 0.3) is 10.8 Å². The van der Waals surface area contributed by atoms with E-state index >= 15 is 0 Å². The summed E-state index contributed by atoms with van der Waals surface area (Å²) in [4.78, 5) is 49.4. The number of methoxy groups -OCH3 is 1. The summed E-state index contributed by atoms with van der Waals surface area (Å²) in [7, 11) is 1.16. The zero-order chi connectivity index (χ0) is 17.4. The number of hydrogen-bond acceptors (Lipinski definition) is 5. The summed E-state index contributed by atoms with van der Waals surface area (Å²) in [5.74, 6) is -3.40. The number of imide groups is 1. The average Bonchev–Trinajstić information content (AvgIpc) is 2.80. The van der Waals surface area contributed by atoms with Gasteiger partial charge in [-0.1, -0.05) is 24.3 Å². The number of benzene rings is 2. The molecule has 0 aromatic heterocycles. The number of carbonyl (C=O) groups excluding carboxylic acids is 4. The normalized spacial score (nSPS) is 14.7. The number of esters is 1. The molecule has 1 aliphatic rings. The first kappa shape index (κ1) is 15.9. The minimum atomic E-state index is -1.17. The van der Waals surface area contributed by atoms with Gasteiger partial charge >= 0.3 is 5.97 Å². The van der Waals surface area contributed by atoms with E-state index in [0.29, 0.717) is 0 Å². The summed E-state index contributed by atoms with van der Waals surface area (Å²) in [6.45, 7) is 0.915. The van der Waals surface area contributed by atoms with E-state index in [1.165, 1.54) is 6.92 Å². The lowest BCUT2D eigenvalue weighted by molar-refractivity contribution is -0.149. The first-order valence-electron chi connectivity index (χ1n) is 7.41. The van der Waals surface area contributed by atoms with Crippen molar-refractivity contribution in [1.29, 1.82) is 0 Å². The van der Waals surface area contributed by atoms with Crippen molar-refractivity contribution >= 4 is 34.3 Å². The molecule has 24 heavy (non-hydrogen) atoms. The maximum absolute atomic E-state index is 12.6. The molecular formula is C18H15NO5. The molecule has 2 aromatic carbocycles. The summed E-state index contributed by atoms with van der Waals surface area (Å²) in [5.41, 5.74) is 0.566. The molecule has 1 unspecified atom stereocenters. The van der Waals surface area contributed by atoms with E-state index < -0.39 is 29.5 Å². The van der Waals surface area contributed by atoms with Gasteiger partial charge in [-0.3, -0.25) is 24.1 Å². The SMILES string of the molecule is COC(=O)C(CN1C(=O)c2cc3ccccc3cc2C1=O)C(C)=O. The van der Waals surface area contributed by atoms with E-state index in [1.54, 1.807) is 12.1 Å². The van der Waals surface area contributed by atoms with E-state index in [1.807, 2.05) is 24.3 Å². The van der Waals surface area contributed by atoms with Gasteiger partial charge in [0.05, 0.1) is 18.2 Å². The molecule has 1 atom stereocenters. The van der Waals surface area contributed by atoms with Gasteiger partial charge in [-0.15, -0.1) is 0 Å². The van der Waals surface area contributed by atoms with Crippen molar-refractivity contribution in [2.45, 2.75) is 6.92 Å². The van der Waals surface area contributed by atoms with Gasteiger partial charge in [-0.2, -0.15) is 0 Å². The lowest BCUT2D eigenvalue weighted by Crippen LogP contribution is -2.40. The first-order valence-corrected chi connectivity index (χ1v) is 7.41. The minimum Gasteiger partial charge on any atom is -0.468 e. The highest BCUT2D eigenvalue weighted by molar-refractivity contribution is 6.23. The van der Waals surface area contributed by atoms with Gasteiger partial charge in [0.2, 0.25) is 0 Å². The number of ether oxygens (including phenoxy) is 1. The molecule has 0 saturated heterocycles. The molecule has 0 saturated carbocycles. The monoisotopic (exact) mass is 325 g/mol. The van der Waals surface area contributed by atoms with Crippen LogP contribution in [0.3, 0.4) is 0 Å². The fraction of sp³-hybridized carbons (Fsp3) is 0.222. The van der Waals surface area contributed by atoms with Crippen molar-refractivity contribution in [1.82, 2.24) is 4.90 Å². The standard InChI is InChI=1S/C18H15NO5/c1-10(20)15(18(23)24-2)9-19-16(21)13-7-11-5-3-4-6-12(11)8-14(13)17(19)22/h3-8,15H,9H2,1-2H3. The van der Waals surface area contributed by atoms with Gasteiger partial charge in [0, 0.05) is 6.54 Å². The molecule has 0 bridgehead atoms. The molecule has 0 N–H and O–H groups in total. The van der Waals surface area contributed by atoms with Crippen LogP contribution in [-0.4, -0.2) is 42.1 Å². The van der Waals surface area contributed by atoms with Gasteiger partial charge in [0.1, 0.15) is 11.7 Å². The molecule has 1 aliphatic heterocycles. The molecule has 6 nitrogen and oxygen atoms in total. The molecule has 1 heterocycles. The van der Waals surface area contributed by atoms with Crippen LogP contribution in [0.2, 0.25) is 0 Å². The number of nitrogens with zero attached hydrogens (tertiary/aromatic N) is 1. The van der Waals surface area contributed by atoms with Crippen molar-refractivity contribution in [2.75, 3.05) is 13.7 Å². The van der Waals surface area contributed by atoms with Gasteiger partial charge in [0.15, 0.2) is 0 Å². The summed E-state index contributed by atoms with van der Waals surface area (Å²) in [5, 5.41) is 1.69. The number of fused-ring (bicyclic) bond motifs is 2. The molecule has 3 rings (SSSR count). The Morgan fingerprint density at radius 2 is 1.54 bits per heavy atom. The number of carbonyl (C=O) groups is 4. The maximum atomic E-state index is 12.6. The second-order valence-electron chi connectivity index (χ2n) is 5.65. The predicted octanol–water partition coefficient (Wildman–Crippen LogP) is 1.81. The third-order valence-corrected chi connectivity index (χ3v) is 4.18. The lowest BCUT2D eigenvalue weighted by atomic mass is 10.0. The molecule has 0 aliphatic carbocycles. The Balaban J connectivity index is 1.99. The smallest absolute Gasteiger partial charge is 0.318 e. The van der Waals surface area contributed by atoms with E-state index in [9.17, 15) is 19.2 Å². The molecule has 2 aromatic rings. The zero-order valence-electron chi connectivity index (χ0n) is 13.2. The quantitative estimate of drug-likeness (QED) is 0.486. The number of hydrogen-bond donors (Lipinski definition) is 0. The average molecular weight is 325 g/mol. The Labute approximate surface area is 138 Å².